The molecule has 0 saturated carbocycles. The van der Waals surface area contributed by atoms with Gasteiger partial charge in [-0.15, -0.1) is 11.3 Å². The Bertz CT molecular complexity index is 531. The summed E-state index contributed by atoms with van der Waals surface area (Å²) in [5.41, 5.74) is 8.63. The van der Waals surface area contributed by atoms with Crippen molar-refractivity contribution in [1.29, 1.82) is 0 Å². The Kier molecular flexibility index (Phi) is 3.41. The minimum Gasteiger partial charge on any atom is -0.316 e. The number of hydrogen-bond donors (Lipinski definition) is 1. The Morgan fingerprint density at radius 3 is 2.28 bits per heavy atom. The van der Waals surface area contributed by atoms with E-state index in [9.17, 15) is 13.2 Å². The second-order valence-corrected chi connectivity index (χ2v) is 4.76. The third kappa shape index (κ3) is 2.54. The molecule has 0 aliphatic carbocycles. The van der Waals surface area contributed by atoms with Gasteiger partial charge in [0.05, 0.1) is 16.1 Å². The number of aromatic nitrogens is 1. The smallest absolute Gasteiger partial charge is 0.316 e. The predicted molar refractivity (Wildman–Crippen MR) is 65.3 cm³/mol. The molecule has 1 aromatic heterocycles. The molecule has 2 aromatic rings. The summed E-state index contributed by atoms with van der Waals surface area (Å²) < 4.78 is 37.3. The lowest BCUT2D eigenvalue weighted by molar-refractivity contribution is -0.149. The molecule has 0 amide bonds. The molecule has 2 rings (SSSR count). The molecule has 1 aromatic carbocycles. The Hall–Kier alpha value is -1.40. The average Bonchev–Trinajstić information content (AvgIpc) is 2.73. The van der Waals surface area contributed by atoms with Crippen LogP contribution in [0.1, 0.15) is 17.3 Å². The van der Waals surface area contributed by atoms with Gasteiger partial charge in [0.25, 0.3) is 0 Å². The van der Waals surface area contributed by atoms with Crippen molar-refractivity contribution in [3.05, 3.63) is 41.0 Å². The summed E-state index contributed by atoms with van der Waals surface area (Å²) in [6, 6.07) is 4.16. The van der Waals surface area contributed by atoms with Crippen LogP contribution in [-0.4, -0.2) is 11.2 Å². The third-order valence-electron chi connectivity index (χ3n) is 2.63. The van der Waals surface area contributed by atoms with Crippen LogP contribution in [0.15, 0.2) is 29.8 Å². The van der Waals surface area contributed by atoms with Crippen molar-refractivity contribution in [3.8, 4) is 10.4 Å². The highest BCUT2D eigenvalue weighted by atomic mass is 32.1. The normalized spacial score (nSPS) is 13.6. The first-order chi connectivity index (χ1) is 8.39. The molecule has 0 fully saturated rings. The van der Waals surface area contributed by atoms with E-state index in [2.05, 4.69) is 4.98 Å². The van der Waals surface area contributed by atoms with Crippen LogP contribution < -0.4 is 5.73 Å². The van der Waals surface area contributed by atoms with Crippen molar-refractivity contribution in [2.45, 2.75) is 19.1 Å². The first-order valence-electron chi connectivity index (χ1n) is 5.22. The van der Waals surface area contributed by atoms with Crippen LogP contribution in [0, 0.1) is 6.92 Å². The molecule has 0 saturated heterocycles. The second-order valence-electron chi connectivity index (χ2n) is 3.91. The summed E-state index contributed by atoms with van der Waals surface area (Å²) >= 11 is 1.46. The number of alkyl halides is 3. The van der Waals surface area contributed by atoms with E-state index in [1.807, 2.05) is 6.92 Å². The first kappa shape index (κ1) is 13.0. The fraction of sp³-hybridized carbons (Fsp3) is 0.250. The fourth-order valence-electron chi connectivity index (χ4n) is 1.61. The summed E-state index contributed by atoms with van der Waals surface area (Å²) in [6.07, 6.45) is -4.41. The fourth-order valence-corrected chi connectivity index (χ4v) is 2.42. The first-order valence-corrected chi connectivity index (χ1v) is 6.10. The lowest BCUT2D eigenvalue weighted by Crippen LogP contribution is -2.28. The van der Waals surface area contributed by atoms with Crippen molar-refractivity contribution in [1.82, 2.24) is 4.98 Å². The molecule has 0 bridgehead atoms. The number of halogens is 3. The third-order valence-corrected chi connectivity index (χ3v) is 3.61. The van der Waals surface area contributed by atoms with Crippen molar-refractivity contribution in [2.75, 3.05) is 0 Å². The number of thiazole rings is 1. The summed E-state index contributed by atoms with van der Waals surface area (Å²) in [5, 5.41) is 0. The van der Waals surface area contributed by atoms with Gasteiger partial charge in [0.15, 0.2) is 0 Å². The van der Waals surface area contributed by atoms with E-state index in [4.69, 9.17) is 5.73 Å². The molecule has 2 N–H and O–H groups in total. The van der Waals surface area contributed by atoms with Gasteiger partial charge in [-0.05, 0) is 18.1 Å². The highest BCUT2D eigenvalue weighted by Crippen LogP contribution is 2.32. The maximum absolute atomic E-state index is 12.4. The zero-order chi connectivity index (χ0) is 13.3. The topological polar surface area (TPSA) is 38.9 Å². The van der Waals surface area contributed by atoms with E-state index in [0.29, 0.717) is 0 Å². The molecule has 96 valence electrons. The van der Waals surface area contributed by atoms with Crippen LogP contribution in [0.25, 0.3) is 10.4 Å². The summed E-state index contributed by atoms with van der Waals surface area (Å²) in [7, 11) is 0. The lowest BCUT2D eigenvalue weighted by Gasteiger charge is -2.16. The van der Waals surface area contributed by atoms with E-state index < -0.39 is 12.2 Å². The van der Waals surface area contributed by atoms with Crippen molar-refractivity contribution < 1.29 is 13.2 Å². The lowest BCUT2D eigenvalue weighted by atomic mass is 10.0. The molecule has 1 heterocycles. The number of hydrogen-bond acceptors (Lipinski definition) is 3. The molecule has 0 aliphatic rings. The van der Waals surface area contributed by atoms with Crippen molar-refractivity contribution in [2.24, 2.45) is 5.73 Å². The van der Waals surface area contributed by atoms with Gasteiger partial charge < -0.3 is 5.73 Å². The molecular weight excluding hydrogens is 261 g/mol. The molecular formula is C12H11F3N2S. The number of aryl methyl sites for hydroxylation is 1. The minimum atomic E-state index is -4.41. The minimum absolute atomic E-state index is 0.0634. The van der Waals surface area contributed by atoms with Crippen LogP contribution in [0.2, 0.25) is 0 Å². The van der Waals surface area contributed by atoms with Crippen molar-refractivity contribution >= 4 is 11.3 Å². The highest BCUT2D eigenvalue weighted by molar-refractivity contribution is 7.13. The van der Waals surface area contributed by atoms with Gasteiger partial charge in [-0.1, -0.05) is 24.3 Å². The summed E-state index contributed by atoms with van der Waals surface area (Å²) in [4.78, 5) is 5.06. The molecule has 1 atom stereocenters. The van der Waals surface area contributed by atoms with Gasteiger partial charge in [0.2, 0.25) is 0 Å². The molecule has 0 radical (unpaired) electrons. The SMILES string of the molecule is Cc1ncsc1-c1ccc(C(N)C(F)(F)F)cc1. The zero-order valence-electron chi connectivity index (χ0n) is 9.53. The molecule has 1 unspecified atom stereocenters. The highest BCUT2D eigenvalue weighted by Gasteiger charge is 2.37. The van der Waals surface area contributed by atoms with Gasteiger partial charge in [-0.25, -0.2) is 4.98 Å². The van der Waals surface area contributed by atoms with Gasteiger partial charge >= 0.3 is 6.18 Å². The largest absolute Gasteiger partial charge is 0.407 e. The number of nitrogens with two attached hydrogens (primary N) is 1. The van der Waals surface area contributed by atoms with Gasteiger partial charge in [-0.3, -0.25) is 0 Å². The van der Waals surface area contributed by atoms with Crippen LogP contribution >= 0.6 is 11.3 Å². The Labute approximate surface area is 106 Å². The van der Waals surface area contributed by atoms with E-state index in [1.54, 1.807) is 17.6 Å². The maximum Gasteiger partial charge on any atom is 0.407 e. The van der Waals surface area contributed by atoms with Gasteiger partial charge in [0.1, 0.15) is 6.04 Å². The Morgan fingerprint density at radius 2 is 1.83 bits per heavy atom. The average molecular weight is 272 g/mol. The van der Waals surface area contributed by atoms with E-state index in [0.717, 1.165) is 16.1 Å². The monoisotopic (exact) mass is 272 g/mol. The van der Waals surface area contributed by atoms with Gasteiger partial charge in [-0.2, -0.15) is 13.2 Å². The van der Waals surface area contributed by atoms with E-state index in [-0.39, 0.29) is 5.56 Å². The van der Waals surface area contributed by atoms with Gasteiger partial charge in [0, 0.05) is 0 Å². The van der Waals surface area contributed by atoms with Crippen LogP contribution in [-0.2, 0) is 0 Å². The standard InChI is InChI=1S/C12H11F3N2S/c1-7-10(18-6-17-7)8-2-4-9(5-3-8)11(16)12(13,14)15/h2-6,11H,16H2,1H3. The number of benzene rings is 1. The van der Waals surface area contributed by atoms with Crippen molar-refractivity contribution in [3.63, 3.8) is 0 Å². The molecule has 2 nitrogen and oxygen atoms in total. The van der Waals surface area contributed by atoms with Crippen LogP contribution in [0.4, 0.5) is 13.2 Å². The second kappa shape index (κ2) is 4.70. The molecule has 6 heteroatoms. The molecule has 18 heavy (non-hydrogen) atoms. The maximum atomic E-state index is 12.4. The molecule has 0 spiro atoms. The quantitative estimate of drug-likeness (QED) is 0.905. The zero-order valence-corrected chi connectivity index (χ0v) is 10.3. The van der Waals surface area contributed by atoms with Crippen LogP contribution in [0.5, 0.6) is 0 Å². The number of nitrogens with zero attached hydrogens (tertiary/aromatic N) is 1. The Morgan fingerprint density at radius 1 is 1.22 bits per heavy atom. The predicted octanol–water partition coefficient (Wildman–Crippen LogP) is 3.68. The van der Waals surface area contributed by atoms with Crippen LogP contribution in [0.3, 0.4) is 0 Å². The summed E-state index contributed by atoms with van der Waals surface area (Å²) in [5.74, 6) is 0. The summed E-state index contributed by atoms with van der Waals surface area (Å²) in [6.45, 7) is 1.86. The van der Waals surface area contributed by atoms with E-state index in [1.165, 1.54) is 23.5 Å². The number of rotatable bonds is 2. The Balaban J connectivity index is 2.29. The van der Waals surface area contributed by atoms with E-state index >= 15 is 0 Å². The molecule has 0 aliphatic heterocycles.